The summed E-state index contributed by atoms with van der Waals surface area (Å²) in [5.74, 6) is 1.48. The first-order valence-electron chi connectivity index (χ1n) is 8.83. The summed E-state index contributed by atoms with van der Waals surface area (Å²) in [7, 11) is 1.65. The van der Waals surface area contributed by atoms with Crippen molar-refractivity contribution in [1.29, 1.82) is 0 Å². The van der Waals surface area contributed by atoms with Gasteiger partial charge in [-0.1, -0.05) is 24.6 Å². The van der Waals surface area contributed by atoms with Crippen LogP contribution in [0.5, 0.6) is 0 Å². The predicted molar refractivity (Wildman–Crippen MR) is 99.7 cm³/mol. The van der Waals surface area contributed by atoms with Crippen molar-refractivity contribution in [3.8, 4) is 5.69 Å². The molecule has 0 radical (unpaired) electrons. The second-order valence-corrected chi connectivity index (χ2v) is 6.65. The molecule has 1 atom stereocenters. The number of hydrogen-bond donors (Lipinski definition) is 1. The molecule has 0 bridgehead atoms. The van der Waals surface area contributed by atoms with E-state index in [9.17, 15) is 4.79 Å². The van der Waals surface area contributed by atoms with Crippen molar-refractivity contribution in [1.82, 2.24) is 25.0 Å². The molecule has 1 N–H and O–H groups in total. The van der Waals surface area contributed by atoms with E-state index in [-0.39, 0.29) is 11.9 Å². The Kier molecular flexibility index (Phi) is 6.24. The van der Waals surface area contributed by atoms with Crippen LogP contribution in [0, 0.1) is 0 Å². The fraction of sp³-hybridized carbons (Fsp3) is 0.500. The molecule has 1 fully saturated rings. The maximum Gasteiger partial charge on any atom is 0.237 e. The zero-order valence-electron chi connectivity index (χ0n) is 15.1. The number of halogens is 1. The molecule has 0 unspecified atom stereocenters. The van der Waals surface area contributed by atoms with Crippen LogP contribution in [0.1, 0.15) is 18.6 Å². The number of carbonyl (C=O) groups is 1. The van der Waals surface area contributed by atoms with Gasteiger partial charge in [-0.25, -0.2) is 9.67 Å². The van der Waals surface area contributed by atoms with Gasteiger partial charge in [-0.05, 0) is 24.7 Å². The minimum absolute atomic E-state index is 0.0391. The topological polar surface area (TPSA) is 72.3 Å². The number of carbonyl (C=O) groups excluding carboxylic acids is 1. The van der Waals surface area contributed by atoms with Crippen LogP contribution in [0.3, 0.4) is 0 Å². The summed E-state index contributed by atoms with van der Waals surface area (Å²) in [4.78, 5) is 19.2. The third-order valence-corrected chi connectivity index (χ3v) is 4.76. The fourth-order valence-electron chi connectivity index (χ4n) is 3.17. The van der Waals surface area contributed by atoms with Gasteiger partial charge in [-0.3, -0.25) is 9.69 Å². The van der Waals surface area contributed by atoms with E-state index in [4.69, 9.17) is 16.3 Å². The van der Waals surface area contributed by atoms with E-state index in [1.54, 1.807) is 11.8 Å². The Morgan fingerprint density at radius 3 is 3.00 bits per heavy atom. The van der Waals surface area contributed by atoms with Gasteiger partial charge < -0.3 is 10.1 Å². The van der Waals surface area contributed by atoms with E-state index in [0.29, 0.717) is 36.8 Å². The van der Waals surface area contributed by atoms with Gasteiger partial charge in [0.2, 0.25) is 5.91 Å². The number of hydrogen-bond acceptors (Lipinski definition) is 5. The summed E-state index contributed by atoms with van der Waals surface area (Å²) in [6, 6.07) is 7.23. The first-order chi connectivity index (χ1) is 12.6. The number of rotatable bonds is 7. The van der Waals surface area contributed by atoms with Crippen molar-refractivity contribution >= 4 is 17.5 Å². The van der Waals surface area contributed by atoms with Crippen LogP contribution in [0.2, 0.25) is 5.02 Å². The Bertz CT molecular complexity index is 764. The molecule has 0 saturated carbocycles. The summed E-state index contributed by atoms with van der Waals surface area (Å²) in [6.45, 7) is 4.96. The molecule has 2 aromatic rings. The molecule has 26 heavy (non-hydrogen) atoms. The molecule has 0 spiro atoms. The number of likely N-dealkylation sites (N-methyl/N-ethyl adjacent to an activating group) is 1. The van der Waals surface area contributed by atoms with E-state index in [1.807, 2.05) is 24.3 Å². The van der Waals surface area contributed by atoms with Gasteiger partial charge in [0.05, 0.1) is 18.3 Å². The van der Waals surface area contributed by atoms with E-state index in [0.717, 1.165) is 24.6 Å². The molecule has 140 valence electrons. The summed E-state index contributed by atoms with van der Waals surface area (Å²) < 4.78 is 6.92. The van der Waals surface area contributed by atoms with Crippen LogP contribution < -0.4 is 5.32 Å². The lowest BCUT2D eigenvalue weighted by atomic mass is 10.1. The second kappa shape index (κ2) is 8.62. The number of piperazine rings is 1. The lowest BCUT2D eigenvalue weighted by Gasteiger charge is -2.33. The van der Waals surface area contributed by atoms with Crippen molar-refractivity contribution < 1.29 is 9.53 Å². The minimum atomic E-state index is -0.244. The van der Waals surface area contributed by atoms with Gasteiger partial charge in [-0.2, -0.15) is 5.10 Å². The summed E-state index contributed by atoms with van der Waals surface area (Å²) >= 11 is 6.14. The molecule has 3 rings (SSSR count). The monoisotopic (exact) mass is 377 g/mol. The van der Waals surface area contributed by atoms with Gasteiger partial charge in [0.15, 0.2) is 5.82 Å². The Balaban J connectivity index is 1.93. The maximum absolute atomic E-state index is 12.4. The molecule has 1 aliphatic heterocycles. The highest BCUT2D eigenvalue weighted by Crippen LogP contribution is 2.18. The number of aromatic nitrogens is 3. The van der Waals surface area contributed by atoms with Crippen LogP contribution in [-0.4, -0.2) is 65.0 Å². The van der Waals surface area contributed by atoms with Crippen molar-refractivity contribution in [3.63, 3.8) is 0 Å². The number of methoxy groups -OCH3 is 1. The molecule has 1 aromatic carbocycles. The Hall–Kier alpha value is -1.96. The molecule has 1 saturated heterocycles. The first kappa shape index (κ1) is 18.8. The molecule has 2 heterocycles. The summed E-state index contributed by atoms with van der Waals surface area (Å²) in [5, 5.41) is 8.20. The minimum Gasteiger partial charge on any atom is -0.384 e. The molecule has 1 aromatic heterocycles. The van der Waals surface area contributed by atoms with Crippen LogP contribution in [0.15, 0.2) is 24.3 Å². The van der Waals surface area contributed by atoms with Crippen LogP contribution in [0.4, 0.5) is 0 Å². The molecule has 7 nitrogen and oxygen atoms in total. The van der Waals surface area contributed by atoms with Crippen LogP contribution in [0.25, 0.3) is 5.69 Å². The van der Waals surface area contributed by atoms with Crippen LogP contribution in [-0.2, 0) is 22.4 Å². The van der Waals surface area contributed by atoms with E-state index < -0.39 is 0 Å². The first-order valence-corrected chi connectivity index (χ1v) is 9.21. The molecule has 8 heteroatoms. The Morgan fingerprint density at radius 1 is 1.42 bits per heavy atom. The van der Waals surface area contributed by atoms with Gasteiger partial charge in [0, 0.05) is 38.1 Å². The van der Waals surface area contributed by atoms with Gasteiger partial charge in [0.25, 0.3) is 0 Å². The number of nitrogens with zero attached hydrogens (tertiary/aromatic N) is 4. The molecule has 1 amide bonds. The lowest BCUT2D eigenvalue weighted by Crippen LogP contribution is -2.56. The third kappa shape index (κ3) is 4.23. The highest BCUT2D eigenvalue weighted by molar-refractivity contribution is 6.30. The molecule has 0 aliphatic carbocycles. The zero-order valence-corrected chi connectivity index (χ0v) is 15.9. The van der Waals surface area contributed by atoms with E-state index in [2.05, 4.69) is 27.2 Å². The summed E-state index contributed by atoms with van der Waals surface area (Å²) in [5.41, 5.74) is 0.836. The van der Waals surface area contributed by atoms with Crippen molar-refractivity contribution in [2.24, 2.45) is 0 Å². The average molecular weight is 378 g/mol. The van der Waals surface area contributed by atoms with Crippen LogP contribution >= 0.6 is 11.6 Å². The quantitative estimate of drug-likeness (QED) is 0.791. The highest BCUT2D eigenvalue weighted by atomic mass is 35.5. The molecular weight excluding hydrogens is 354 g/mol. The smallest absolute Gasteiger partial charge is 0.237 e. The number of amides is 1. The second-order valence-electron chi connectivity index (χ2n) is 6.22. The lowest BCUT2D eigenvalue weighted by molar-refractivity contribution is -0.128. The standard InChI is InChI=1S/C18H24ClN5O2/c1-3-23-9-8-20-18(25)15(23)12-17-21-16(7-10-26-2)22-24(17)14-6-4-5-13(19)11-14/h4-6,11,15H,3,7-10,12H2,1-2H3,(H,20,25)/t15-/m1/s1. The normalized spacial score (nSPS) is 18.1. The number of benzene rings is 1. The van der Waals surface area contributed by atoms with Gasteiger partial charge in [0.1, 0.15) is 5.82 Å². The van der Waals surface area contributed by atoms with E-state index >= 15 is 0 Å². The van der Waals surface area contributed by atoms with E-state index in [1.165, 1.54) is 0 Å². The maximum atomic E-state index is 12.4. The van der Waals surface area contributed by atoms with Crippen molar-refractivity contribution in [2.75, 3.05) is 33.4 Å². The fourth-order valence-corrected chi connectivity index (χ4v) is 3.36. The number of ether oxygens (including phenoxy) is 1. The Morgan fingerprint density at radius 2 is 2.27 bits per heavy atom. The van der Waals surface area contributed by atoms with Gasteiger partial charge in [-0.15, -0.1) is 0 Å². The highest BCUT2D eigenvalue weighted by Gasteiger charge is 2.30. The van der Waals surface area contributed by atoms with Gasteiger partial charge >= 0.3 is 0 Å². The SMILES string of the molecule is CCN1CCNC(=O)[C@H]1Cc1nc(CCOC)nn1-c1cccc(Cl)c1. The average Bonchev–Trinajstić information content (AvgIpc) is 3.04. The molecule has 1 aliphatic rings. The summed E-state index contributed by atoms with van der Waals surface area (Å²) in [6.07, 6.45) is 1.11. The number of nitrogens with one attached hydrogen (secondary N) is 1. The van der Waals surface area contributed by atoms with Crippen molar-refractivity contribution in [3.05, 3.63) is 40.9 Å². The predicted octanol–water partition coefficient (Wildman–Crippen LogP) is 1.47. The Labute approximate surface area is 158 Å². The molecular formula is C18H24ClN5O2. The largest absolute Gasteiger partial charge is 0.384 e. The zero-order chi connectivity index (χ0) is 18.5. The van der Waals surface area contributed by atoms with Crippen molar-refractivity contribution in [2.45, 2.75) is 25.8 Å². The third-order valence-electron chi connectivity index (χ3n) is 4.52.